The van der Waals surface area contributed by atoms with Crippen LogP contribution < -0.4 is 0 Å². The summed E-state index contributed by atoms with van der Waals surface area (Å²) in [5.74, 6) is 0.278. The summed E-state index contributed by atoms with van der Waals surface area (Å²) in [7, 11) is 0. The Morgan fingerprint density at radius 2 is 1.83 bits per heavy atom. The van der Waals surface area contributed by atoms with Crippen LogP contribution in [0.3, 0.4) is 0 Å². The second-order valence-corrected chi connectivity index (χ2v) is 4.06. The van der Waals surface area contributed by atoms with E-state index in [0.717, 1.165) is 17.7 Å². The maximum absolute atomic E-state index is 12.6. The third kappa shape index (κ3) is 2.82. The summed E-state index contributed by atoms with van der Waals surface area (Å²) < 4.78 is 37.8. The van der Waals surface area contributed by atoms with Crippen molar-refractivity contribution in [2.75, 3.05) is 0 Å². The molecule has 1 aromatic carbocycles. The summed E-state index contributed by atoms with van der Waals surface area (Å²) in [4.78, 5) is 3.96. The van der Waals surface area contributed by atoms with Gasteiger partial charge in [-0.15, -0.1) is 11.6 Å². The van der Waals surface area contributed by atoms with E-state index in [9.17, 15) is 13.2 Å². The lowest BCUT2D eigenvalue weighted by molar-refractivity contribution is -0.137. The van der Waals surface area contributed by atoms with Crippen LogP contribution in [-0.2, 0) is 12.1 Å². The number of rotatable bonds is 2. The molecule has 5 heteroatoms. The number of alkyl halides is 4. The Morgan fingerprint density at radius 1 is 1.06 bits per heavy atom. The quantitative estimate of drug-likeness (QED) is 0.733. The van der Waals surface area contributed by atoms with Crippen LogP contribution >= 0.6 is 11.6 Å². The molecule has 0 aliphatic rings. The molecule has 0 aliphatic heterocycles. The molecule has 0 unspecified atom stereocenters. The number of aromatic nitrogens is 1. The molecule has 0 N–H and O–H groups in total. The summed E-state index contributed by atoms with van der Waals surface area (Å²) in [5, 5.41) is 0. The normalized spacial score (nSPS) is 11.6. The lowest BCUT2D eigenvalue weighted by Crippen LogP contribution is -2.04. The molecule has 1 heterocycles. The number of benzene rings is 1. The first-order chi connectivity index (χ1) is 8.50. The smallest absolute Gasteiger partial charge is 0.264 e. The Bertz CT molecular complexity index is 552. The number of hydrogen-bond acceptors (Lipinski definition) is 1. The highest BCUT2D eigenvalue weighted by Crippen LogP contribution is 2.32. The first kappa shape index (κ1) is 12.9. The molecule has 0 atom stereocenters. The Balaban J connectivity index is 2.44. The first-order valence-electron chi connectivity index (χ1n) is 5.18. The molecular weight excluding hydrogens is 263 g/mol. The zero-order chi connectivity index (χ0) is 13.2. The molecule has 0 bridgehead atoms. The van der Waals surface area contributed by atoms with Crippen LogP contribution in [0.1, 0.15) is 11.1 Å². The average Bonchev–Trinajstić information content (AvgIpc) is 2.38. The third-order valence-electron chi connectivity index (χ3n) is 2.47. The van der Waals surface area contributed by atoms with Gasteiger partial charge in [0.25, 0.3) is 0 Å². The van der Waals surface area contributed by atoms with E-state index in [1.165, 1.54) is 12.3 Å². The Kier molecular flexibility index (Phi) is 3.57. The van der Waals surface area contributed by atoms with Gasteiger partial charge in [0, 0.05) is 23.8 Å². The van der Waals surface area contributed by atoms with Gasteiger partial charge < -0.3 is 0 Å². The maximum atomic E-state index is 12.6. The number of halogens is 4. The molecule has 1 nitrogen and oxygen atoms in total. The minimum atomic E-state index is -4.34. The van der Waals surface area contributed by atoms with Crippen LogP contribution in [-0.4, -0.2) is 4.98 Å². The van der Waals surface area contributed by atoms with Crippen molar-refractivity contribution in [3.05, 3.63) is 53.9 Å². The lowest BCUT2D eigenvalue weighted by atomic mass is 10.0. The Hall–Kier alpha value is -1.55. The maximum Gasteiger partial charge on any atom is 0.416 e. The highest BCUT2D eigenvalue weighted by molar-refractivity contribution is 6.17. The molecular formula is C13H9ClF3N. The van der Waals surface area contributed by atoms with E-state index in [2.05, 4.69) is 4.98 Å². The van der Waals surface area contributed by atoms with E-state index >= 15 is 0 Å². The van der Waals surface area contributed by atoms with Crippen molar-refractivity contribution >= 4 is 11.6 Å². The highest BCUT2D eigenvalue weighted by atomic mass is 35.5. The van der Waals surface area contributed by atoms with Gasteiger partial charge in [-0.05, 0) is 29.3 Å². The zero-order valence-electron chi connectivity index (χ0n) is 9.21. The number of pyridine rings is 1. The second kappa shape index (κ2) is 4.98. The highest BCUT2D eigenvalue weighted by Gasteiger charge is 2.30. The van der Waals surface area contributed by atoms with Gasteiger partial charge in [-0.2, -0.15) is 13.2 Å². The van der Waals surface area contributed by atoms with E-state index in [1.54, 1.807) is 18.3 Å². The van der Waals surface area contributed by atoms with Gasteiger partial charge in [0.15, 0.2) is 0 Å². The predicted molar refractivity (Wildman–Crippen MR) is 64.2 cm³/mol. The van der Waals surface area contributed by atoms with Crippen molar-refractivity contribution in [1.29, 1.82) is 0 Å². The van der Waals surface area contributed by atoms with E-state index in [1.807, 2.05) is 0 Å². The van der Waals surface area contributed by atoms with Crippen molar-refractivity contribution in [2.45, 2.75) is 12.1 Å². The van der Waals surface area contributed by atoms with Crippen LogP contribution in [0, 0.1) is 0 Å². The summed E-state index contributed by atoms with van der Waals surface area (Å²) in [6, 6.07) is 6.88. The predicted octanol–water partition coefficient (Wildman–Crippen LogP) is 4.51. The van der Waals surface area contributed by atoms with E-state index < -0.39 is 11.7 Å². The molecule has 2 rings (SSSR count). The van der Waals surface area contributed by atoms with E-state index in [4.69, 9.17) is 11.6 Å². The molecule has 0 amide bonds. The average molecular weight is 272 g/mol. The Labute approximate surface area is 107 Å². The molecule has 0 aliphatic carbocycles. The fraction of sp³-hybridized carbons (Fsp3) is 0.154. The van der Waals surface area contributed by atoms with Crippen LogP contribution in [0.2, 0.25) is 0 Å². The SMILES string of the molecule is FC(F)(F)c1cccc(-c2cncc(CCl)c2)c1. The fourth-order valence-electron chi connectivity index (χ4n) is 1.59. The van der Waals surface area contributed by atoms with Crippen molar-refractivity contribution in [3.63, 3.8) is 0 Å². The van der Waals surface area contributed by atoms with Crippen molar-refractivity contribution in [2.24, 2.45) is 0 Å². The molecule has 0 saturated carbocycles. The molecule has 18 heavy (non-hydrogen) atoms. The van der Waals surface area contributed by atoms with Crippen LogP contribution in [0.5, 0.6) is 0 Å². The second-order valence-electron chi connectivity index (χ2n) is 3.79. The fourth-order valence-corrected chi connectivity index (χ4v) is 1.74. The van der Waals surface area contributed by atoms with Gasteiger partial charge >= 0.3 is 6.18 Å². The molecule has 1 aromatic heterocycles. The monoisotopic (exact) mass is 271 g/mol. The van der Waals surface area contributed by atoms with Gasteiger partial charge in [0.05, 0.1) is 5.56 Å². The summed E-state index contributed by atoms with van der Waals surface area (Å²) in [5.41, 5.74) is 1.20. The van der Waals surface area contributed by atoms with E-state index in [-0.39, 0.29) is 5.88 Å². The van der Waals surface area contributed by atoms with Crippen molar-refractivity contribution < 1.29 is 13.2 Å². The summed E-state index contributed by atoms with van der Waals surface area (Å²) >= 11 is 5.67. The van der Waals surface area contributed by atoms with Gasteiger partial charge in [-0.1, -0.05) is 12.1 Å². The number of nitrogens with zero attached hydrogens (tertiary/aromatic N) is 1. The van der Waals surface area contributed by atoms with Gasteiger partial charge in [0.1, 0.15) is 0 Å². The van der Waals surface area contributed by atoms with E-state index in [0.29, 0.717) is 11.1 Å². The summed E-state index contributed by atoms with van der Waals surface area (Å²) in [6.45, 7) is 0. The topological polar surface area (TPSA) is 12.9 Å². The Morgan fingerprint density at radius 3 is 2.50 bits per heavy atom. The number of hydrogen-bond donors (Lipinski definition) is 0. The first-order valence-corrected chi connectivity index (χ1v) is 5.71. The molecule has 94 valence electrons. The van der Waals surface area contributed by atoms with Crippen LogP contribution in [0.4, 0.5) is 13.2 Å². The minimum absolute atomic E-state index is 0.278. The zero-order valence-corrected chi connectivity index (χ0v) is 9.96. The van der Waals surface area contributed by atoms with Gasteiger partial charge in [0.2, 0.25) is 0 Å². The molecule has 0 spiro atoms. The van der Waals surface area contributed by atoms with Crippen LogP contribution in [0.15, 0.2) is 42.7 Å². The molecule has 2 aromatic rings. The van der Waals surface area contributed by atoms with Crippen molar-refractivity contribution in [1.82, 2.24) is 4.98 Å². The van der Waals surface area contributed by atoms with Gasteiger partial charge in [-0.25, -0.2) is 0 Å². The summed E-state index contributed by atoms with van der Waals surface area (Å²) in [6.07, 6.45) is -1.23. The van der Waals surface area contributed by atoms with Gasteiger partial charge in [-0.3, -0.25) is 4.98 Å². The lowest BCUT2D eigenvalue weighted by Gasteiger charge is -2.09. The molecule has 0 fully saturated rings. The van der Waals surface area contributed by atoms with Crippen molar-refractivity contribution in [3.8, 4) is 11.1 Å². The molecule has 0 saturated heterocycles. The minimum Gasteiger partial charge on any atom is -0.264 e. The molecule has 0 radical (unpaired) electrons. The largest absolute Gasteiger partial charge is 0.416 e. The standard InChI is InChI=1S/C13H9ClF3N/c14-6-9-4-11(8-18-7-9)10-2-1-3-12(5-10)13(15,16)17/h1-5,7-8H,6H2. The third-order valence-corrected chi connectivity index (χ3v) is 2.78. The van der Waals surface area contributed by atoms with Crippen LogP contribution in [0.25, 0.3) is 11.1 Å².